The Bertz CT molecular complexity index is 1270. The van der Waals surface area contributed by atoms with E-state index in [1.54, 1.807) is 23.5 Å². The number of thiophene rings is 1. The molecule has 1 aromatic heterocycles. The lowest BCUT2D eigenvalue weighted by Gasteiger charge is -2.27. The quantitative estimate of drug-likeness (QED) is 0.520. The van der Waals surface area contributed by atoms with E-state index in [9.17, 15) is 24.0 Å². The van der Waals surface area contributed by atoms with Crippen LogP contribution in [0.15, 0.2) is 54.1 Å². The van der Waals surface area contributed by atoms with Crippen LogP contribution in [-0.2, 0) is 23.9 Å². The molecule has 0 aliphatic carbocycles. The van der Waals surface area contributed by atoms with E-state index in [2.05, 4.69) is 5.32 Å². The van der Waals surface area contributed by atoms with E-state index in [1.165, 1.54) is 22.1 Å². The fourth-order valence-corrected chi connectivity index (χ4v) is 6.19. The lowest BCUT2D eigenvalue weighted by atomic mass is 10.0. The molecule has 2 aromatic rings. The zero-order valence-corrected chi connectivity index (χ0v) is 21.8. The maximum Gasteiger partial charge on any atom is 0.272 e. The van der Waals surface area contributed by atoms with Crippen molar-refractivity contribution in [2.75, 3.05) is 13.1 Å². The average molecular weight is 536 g/mol. The summed E-state index contributed by atoms with van der Waals surface area (Å²) in [5.74, 6) is -1.71. The van der Waals surface area contributed by atoms with E-state index >= 15 is 0 Å². The predicted octanol–water partition coefficient (Wildman–Crippen LogP) is 2.57. The van der Waals surface area contributed by atoms with Crippen LogP contribution in [0.1, 0.15) is 43.0 Å². The summed E-state index contributed by atoms with van der Waals surface area (Å²) in [7, 11) is 0. The number of carbonyl (C=O) groups excluding carboxylic acids is 5. The molecule has 0 radical (unpaired) electrons. The minimum atomic E-state index is -1.25. The van der Waals surface area contributed by atoms with Crippen molar-refractivity contribution in [3.8, 4) is 10.4 Å². The third kappa shape index (κ3) is 5.00. The van der Waals surface area contributed by atoms with Gasteiger partial charge in [-0.1, -0.05) is 31.5 Å². The maximum atomic E-state index is 13.3. The summed E-state index contributed by atoms with van der Waals surface area (Å²) < 4.78 is 5.12. The van der Waals surface area contributed by atoms with Gasteiger partial charge in [-0.3, -0.25) is 24.0 Å². The molecular formula is C28H29N3O6S. The number of nitrogens with one attached hydrogen (secondary N) is 1. The summed E-state index contributed by atoms with van der Waals surface area (Å²) in [6, 6.07) is 9.77. The van der Waals surface area contributed by atoms with Gasteiger partial charge in [0.15, 0.2) is 5.78 Å². The summed E-state index contributed by atoms with van der Waals surface area (Å²) in [6.07, 6.45) is 3.02. The highest BCUT2D eigenvalue weighted by atomic mass is 32.1. The number of carbonyl (C=O) groups is 5. The molecule has 3 amide bonds. The van der Waals surface area contributed by atoms with Gasteiger partial charge in [0.2, 0.25) is 17.8 Å². The third-order valence-electron chi connectivity index (χ3n) is 7.30. The highest BCUT2D eigenvalue weighted by Gasteiger charge is 2.53. The van der Waals surface area contributed by atoms with Crippen LogP contribution in [0.5, 0.6) is 0 Å². The highest BCUT2D eigenvalue weighted by molar-refractivity contribution is 7.13. The van der Waals surface area contributed by atoms with Crippen molar-refractivity contribution in [3.63, 3.8) is 0 Å². The van der Waals surface area contributed by atoms with E-state index < -0.39 is 29.9 Å². The number of amides is 3. The van der Waals surface area contributed by atoms with Gasteiger partial charge in [-0.25, -0.2) is 0 Å². The molecule has 3 aliphatic heterocycles. The summed E-state index contributed by atoms with van der Waals surface area (Å²) in [6.45, 7) is 2.16. The second-order valence-electron chi connectivity index (χ2n) is 9.76. The zero-order valence-electron chi connectivity index (χ0n) is 21.0. The van der Waals surface area contributed by atoms with Crippen molar-refractivity contribution < 1.29 is 28.7 Å². The fraction of sp³-hybridized carbons (Fsp3) is 0.393. The van der Waals surface area contributed by atoms with E-state index in [4.69, 9.17) is 4.74 Å². The summed E-state index contributed by atoms with van der Waals surface area (Å²) in [5.41, 5.74) is 1.55. The summed E-state index contributed by atoms with van der Waals surface area (Å²) in [4.78, 5) is 68.0. The molecule has 4 atom stereocenters. The lowest BCUT2D eigenvalue weighted by molar-refractivity contribution is -0.145. The fourth-order valence-electron chi connectivity index (χ4n) is 5.46. The smallest absolute Gasteiger partial charge is 0.272 e. The molecule has 3 aliphatic rings. The van der Waals surface area contributed by atoms with Gasteiger partial charge in [-0.2, -0.15) is 0 Å². The molecule has 0 bridgehead atoms. The number of Topliss-reactive ketones (excluding diaryl/α,β-unsaturated/α-hetero) is 1. The number of benzene rings is 1. The standard InChI is InChI=1S/C28H29N3O6S/c1-2-4-19(29-27(35)18-8-6-17(7-9-18)23-5-3-14-38-23)15-24(34)30-12-10-20-25(30)22(33)16-31(20)28(36)26-21(32)11-13-37-26/h3,5-9,11,13-14,19-20,25-26H,2,4,10,12,15-16H2,1H3,(H,29,35). The van der Waals surface area contributed by atoms with Gasteiger partial charge in [0.05, 0.1) is 18.8 Å². The van der Waals surface area contributed by atoms with E-state index in [0.717, 1.165) is 16.9 Å². The van der Waals surface area contributed by atoms with Crippen LogP contribution in [0.3, 0.4) is 0 Å². The van der Waals surface area contributed by atoms with Gasteiger partial charge in [0.25, 0.3) is 11.8 Å². The maximum absolute atomic E-state index is 13.3. The Morgan fingerprint density at radius 1 is 1.13 bits per heavy atom. The average Bonchev–Trinajstić information content (AvgIpc) is 3.70. The first-order valence-electron chi connectivity index (χ1n) is 12.8. The van der Waals surface area contributed by atoms with E-state index in [-0.39, 0.29) is 36.6 Å². The number of ketones is 2. The highest BCUT2D eigenvalue weighted by Crippen LogP contribution is 2.32. The van der Waals surface area contributed by atoms with Crippen molar-refractivity contribution in [2.24, 2.45) is 0 Å². The van der Waals surface area contributed by atoms with Gasteiger partial charge < -0.3 is 19.9 Å². The lowest BCUT2D eigenvalue weighted by Crippen LogP contribution is -2.48. The van der Waals surface area contributed by atoms with Gasteiger partial charge in [-0.15, -0.1) is 11.3 Å². The van der Waals surface area contributed by atoms with Crippen LogP contribution < -0.4 is 5.32 Å². The normalized spacial score (nSPS) is 22.9. The molecule has 2 fully saturated rings. The first-order valence-corrected chi connectivity index (χ1v) is 13.7. The van der Waals surface area contributed by atoms with E-state index in [1.807, 2.05) is 36.6 Å². The molecule has 2 saturated heterocycles. The Morgan fingerprint density at radius 2 is 1.92 bits per heavy atom. The molecule has 4 heterocycles. The van der Waals surface area contributed by atoms with Crippen LogP contribution in [0.2, 0.25) is 0 Å². The Labute approximate surface area is 224 Å². The molecule has 0 saturated carbocycles. The Morgan fingerprint density at radius 3 is 2.58 bits per heavy atom. The van der Waals surface area contributed by atoms with Crippen LogP contribution in [-0.4, -0.2) is 76.4 Å². The Hall–Kier alpha value is -3.79. The topological polar surface area (TPSA) is 113 Å². The number of ether oxygens (including phenoxy) is 1. The molecule has 5 rings (SSSR count). The number of fused-ring (bicyclic) bond motifs is 1. The van der Waals surface area contributed by atoms with Crippen molar-refractivity contribution >= 4 is 40.6 Å². The molecule has 38 heavy (non-hydrogen) atoms. The van der Waals surface area contributed by atoms with Crippen LogP contribution in [0.4, 0.5) is 0 Å². The van der Waals surface area contributed by atoms with Crippen molar-refractivity contribution in [1.82, 2.24) is 15.1 Å². The minimum absolute atomic E-state index is 0.0610. The van der Waals surface area contributed by atoms with Crippen molar-refractivity contribution in [3.05, 3.63) is 59.7 Å². The number of rotatable bonds is 8. The zero-order chi connectivity index (χ0) is 26.8. The monoisotopic (exact) mass is 535 g/mol. The molecule has 0 spiro atoms. The second kappa shape index (κ2) is 10.9. The van der Waals surface area contributed by atoms with Gasteiger partial charge in [-0.05, 0) is 42.0 Å². The van der Waals surface area contributed by atoms with Crippen LogP contribution in [0.25, 0.3) is 10.4 Å². The van der Waals surface area contributed by atoms with Gasteiger partial charge >= 0.3 is 0 Å². The SMILES string of the molecule is CCCC(CC(=O)N1CCC2C1C(=O)CN2C(=O)C1OC=CC1=O)NC(=O)c1ccc(-c2cccs2)cc1. The molecule has 198 valence electrons. The van der Waals surface area contributed by atoms with Gasteiger partial charge in [0, 0.05) is 35.5 Å². The molecule has 10 heteroatoms. The van der Waals surface area contributed by atoms with Crippen LogP contribution in [0, 0.1) is 0 Å². The number of likely N-dealkylation sites (tertiary alicyclic amines) is 2. The molecular weight excluding hydrogens is 506 g/mol. The molecule has 1 aromatic carbocycles. The largest absolute Gasteiger partial charge is 0.480 e. The number of hydrogen-bond acceptors (Lipinski definition) is 7. The van der Waals surface area contributed by atoms with E-state index in [0.29, 0.717) is 24.9 Å². The van der Waals surface area contributed by atoms with Crippen molar-refractivity contribution in [2.45, 2.75) is 56.8 Å². The molecule has 9 nitrogen and oxygen atoms in total. The number of hydrogen-bond donors (Lipinski definition) is 1. The Balaban J connectivity index is 1.21. The second-order valence-corrected chi connectivity index (χ2v) is 10.7. The summed E-state index contributed by atoms with van der Waals surface area (Å²) >= 11 is 1.63. The molecule has 1 N–H and O–H groups in total. The van der Waals surface area contributed by atoms with Gasteiger partial charge in [0.1, 0.15) is 6.04 Å². The first-order chi connectivity index (χ1) is 18.4. The number of nitrogens with zero attached hydrogens (tertiary/aromatic N) is 2. The Kier molecular flexibility index (Phi) is 7.42. The first kappa shape index (κ1) is 25.8. The minimum Gasteiger partial charge on any atom is -0.480 e. The third-order valence-corrected chi connectivity index (χ3v) is 8.22. The predicted molar refractivity (Wildman–Crippen MR) is 140 cm³/mol. The summed E-state index contributed by atoms with van der Waals surface area (Å²) in [5, 5.41) is 4.99. The molecule has 4 unspecified atom stereocenters. The van der Waals surface area contributed by atoms with Crippen molar-refractivity contribution in [1.29, 1.82) is 0 Å². The van der Waals surface area contributed by atoms with Crippen LogP contribution >= 0.6 is 11.3 Å².